The molecule has 2 aromatic carbocycles. The Morgan fingerprint density at radius 1 is 1.11 bits per heavy atom. The van der Waals surface area contributed by atoms with Gasteiger partial charge >= 0.3 is 0 Å². The van der Waals surface area contributed by atoms with Crippen molar-refractivity contribution in [3.63, 3.8) is 0 Å². The Balaban J connectivity index is 1.36. The molecule has 1 saturated heterocycles. The van der Waals surface area contributed by atoms with Crippen LogP contribution in [0.5, 0.6) is 0 Å². The lowest BCUT2D eigenvalue weighted by Gasteiger charge is -2.27. The summed E-state index contributed by atoms with van der Waals surface area (Å²) in [6, 6.07) is 15.1. The lowest BCUT2D eigenvalue weighted by Crippen LogP contribution is -2.40. The van der Waals surface area contributed by atoms with Crippen LogP contribution in [-0.2, 0) is 22.5 Å². The van der Waals surface area contributed by atoms with E-state index in [1.54, 1.807) is 11.0 Å². The third-order valence-corrected chi connectivity index (χ3v) is 4.84. The number of benzene rings is 2. The van der Waals surface area contributed by atoms with Crippen LogP contribution in [0.25, 0.3) is 10.9 Å². The number of morpholine rings is 1. The molecule has 0 unspecified atom stereocenters. The van der Waals surface area contributed by atoms with E-state index in [0.717, 1.165) is 22.2 Å². The number of aromatic amines is 1. The minimum atomic E-state index is -0.0979. The number of H-pyrrole nitrogens is 1. The number of carbonyl (C=O) groups is 2. The third kappa shape index (κ3) is 4.04. The number of rotatable bonds is 5. The van der Waals surface area contributed by atoms with Gasteiger partial charge in [0.15, 0.2) is 0 Å². The van der Waals surface area contributed by atoms with Crippen molar-refractivity contribution >= 4 is 22.7 Å². The van der Waals surface area contributed by atoms with E-state index in [9.17, 15) is 9.59 Å². The van der Waals surface area contributed by atoms with Gasteiger partial charge in [-0.3, -0.25) is 14.7 Å². The number of carbonyl (C=O) groups excluding carboxylic acids is 2. The van der Waals surface area contributed by atoms with Gasteiger partial charge in [-0.15, -0.1) is 0 Å². The zero-order valence-corrected chi connectivity index (χ0v) is 15.5. The van der Waals surface area contributed by atoms with Crippen molar-refractivity contribution in [2.24, 2.45) is 0 Å². The smallest absolute Gasteiger partial charge is 0.254 e. The Morgan fingerprint density at radius 3 is 2.79 bits per heavy atom. The van der Waals surface area contributed by atoms with E-state index < -0.39 is 0 Å². The first kappa shape index (κ1) is 18.2. The number of hydrogen-bond acceptors (Lipinski definition) is 4. The standard InChI is InChI=1S/C21H22N4O3/c26-20(13-19-17-6-1-2-7-18(17)23-24-19)22-14-15-4-3-5-16(12-15)21(27)25-8-10-28-11-9-25/h1-7,12H,8-11,13-14H2,(H,22,26)(H,23,24). The molecule has 0 radical (unpaired) electrons. The Labute approximate surface area is 162 Å². The molecule has 0 saturated carbocycles. The van der Waals surface area contributed by atoms with Crippen molar-refractivity contribution in [3.8, 4) is 0 Å². The SMILES string of the molecule is O=C(Cc1[nH]nc2ccccc12)NCc1cccc(C(=O)N2CCOCC2)c1. The van der Waals surface area contributed by atoms with Gasteiger partial charge in [-0.25, -0.2) is 0 Å². The molecule has 0 bridgehead atoms. The molecule has 0 aliphatic carbocycles. The van der Waals surface area contributed by atoms with E-state index in [2.05, 4.69) is 15.5 Å². The van der Waals surface area contributed by atoms with Crippen LogP contribution >= 0.6 is 0 Å². The van der Waals surface area contributed by atoms with Gasteiger partial charge in [-0.05, 0) is 23.8 Å². The number of aromatic nitrogens is 2. The highest BCUT2D eigenvalue weighted by Crippen LogP contribution is 2.15. The molecular formula is C21H22N4O3. The quantitative estimate of drug-likeness (QED) is 0.710. The summed E-state index contributed by atoms with van der Waals surface area (Å²) in [5.41, 5.74) is 3.17. The Morgan fingerprint density at radius 2 is 1.93 bits per heavy atom. The number of amides is 2. The third-order valence-electron chi connectivity index (χ3n) is 4.84. The molecule has 2 N–H and O–H groups in total. The van der Waals surface area contributed by atoms with Crippen molar-refractivity contribution in [2.45, 2.75) is 13.0 Å². The molecule has 7 nitrogen and oxygen atoms in total. The van der Waals surface area contributed by atoms with Crippen LogP contribution in [0.1, 0.15) is 21.6 Å². The molecule has 2 amide bonds. The summed E-state index contributed by atoms with van der Waals surface area (Å²) in [6.07, 6.45) is 0.229. The van der Waals surface area contributed by atoms with Gasteiger partial charge in [0.1, 0.15) is 0 Å². The van der Waals surface area contributed by atoms with E-state index >= 15 is 0 Å². The zero-order chi connectivity index (χ0) is 19.3. The van der Waals surface area contributed by atoms with Crippen molar-refractivity contribution in [3.05, 3.63) is 65.4 Å². The summed E-state index contributed by atoms with van der Waals surface area (Å²) in [7, 11) is 0. The maximum absolute atomic E-state index is 12.6. The molecule has 28 heavy (non-hydrogen) atoms. The summed E-state index contributed by atoms with van der Waals surface area (Å²) in [5.74, 6) is -0.0975. The second kappa shape index (κ2) is 8.22. The number of nitrogens with one attached hydrogen (secondary N) is 2. The summed E-state index contributed by atoms with van der Waals surface area (Å²) >= 11 is 0. The molecule has 1 aliphatic rings. The lowest BCUT2D eigenvalue weighted by atomic mass is 10.1. The number of ether oxygens (including phenoxy) is 1. The summed E-state index contributed by atoms with van der Waals surface area (Å²) < 4.78 is 5.30. The summed E-state index contributed by atoms with van der Waals surface area (Å²) in [5, 5.41) is 11.0. The van der Waals surface area contributed by atoms with Gasteiger partial charge in [0, 0.05) is 30.6 Å². The largest absolute Gasteiger partial charge is 0.378 e. The molecule has 0 spiro atoms. The van der Waals surface area contributed by atoms with Crippen molar-refractivity contribution in [1.82, 2.24) is 20.4 Å². The maximum Gasteiger partial charge on any atom is 0.254 e. The van der Waals surface area contributed by atoms with Crippen LogP contribution in [0.3, 0.4) is 0 Å². The topological polar surface area (TPSA) is 87.3 Å². The molecule has 0 atom stereocenters. The molecular weight excluding hydrogens is 356 g/mol. The average Bonchev–Trinajstić information content (AvgIpc) is 3.15. The van der Waals surface area contributed by atoms with Crippen LogP contribution in [0, 0.1) is 0 Å². The number of hydrogen-bond donors (Lipinski definition) is 2. The fourth-order valence-electron chi connectivity index (χ4n) is 3.34. The van der Waals surface area contributed by atoms with E-state index in [0.29, 0.717) is 38.4 Å². The van der Waals surface area contributed by atoms with Gasteiger partial charge in [0.2, 0.25) is 5.91 Å². The predicted octanol–water partition coefficient (Wildman–Crippen LogP) is 1.89. The first-order valence-electron chi connectivity index (χ1n) is 9.35. The first-order chi connectivity index (χ1) is 13.7. The fraction of sp³-hybridized carbons (Fsp3) is 0.286. The van der Waals surface area contributed by atoms with Crippen molar-refractivity contribution in [1.29, 1.82) is 0 Å². The molecule has 1 aromatic heterocycles. The Hall–Kier alpha value is -3.19. The molecule has 1 fully saturated rings. The molecule has 3 aromatic rings. The molecule has 1 aliphatic heterocycles. The second-order valence-corrected chi connectivity index (χ2v) is 6.78. The Bertz CT molecular complexity index is 992. The van der Waals surface area contributed by atoms with Crippen LogP contribution in [0.15, 0.2) is 48.5 Å². The number of fused-ring (bicyclic) bond motifs is 1. The molecule has 2 heterocycles. The van der Waals surface area contributed by atoms with Gasteiger partial charge in [0.25, 0.3) is 5.91 Å². The Kier molecular flexibility index (Phi) is 5.34. The summed E-state index contributed by atoms with van der Waals surface area (Å²) in [6.45, 7) is 2.73. The van der Waals surface area contributed by atoms with E-state index in [4.69, 9.17) is 4.74 Å². The van der Waals surface area contributed by atoms with Crippen LogP contribution in [0.2, 0.25) is 0 Å². The van der Waals surface area contributed by atoms with Gasteiger partial charge in [-0.2, -0.15) is 5.10 Å². The van der Waals surface area contributed by atoms with Gasteiger partial charge in [0.05, 0.1) is 30.8 Å². The van der Waals surface area contributed by atoms with Crippen LogP contribution in [-0.4, -0.2) is 53.2 Å². The highest BCUT2D eigenvalue weighted by atomic mass is 16.5. The highest BCUT2D eigenvalue weighted by Gasteiger charge is 2.18. The van der Waals surface area contributed by atoms with Crippen LogP contribution < -0.4 is 5.32 Å². The lowest BCUT2D eigenvalue weighted by molar-refractivity contribution is -0.120. The van der Waals surface area contributed by atoms with Gasteiger partial charge in [-0.1, -0.05) is 30.3 Å². The monoisotopic (exact) mass is 378 g/mol. The van der Waals surface area contributed by atoms with Crippen molar-refractivity contribution < 1.29 is 14.3 Å². The molecule has 7 heteroatoms. The summed E-state index contributed by atoms with van der Waals surface area (Å²) in [4.78, 5) is 26.7. The van der Waals surface area contributed by atoms with E-state index in [1.807, 2.05) is 42.5 Å². The minimum Gasteiger partial charge on any atom is -0.378 e. The highest BCUT2D eigenvalue weighted by molar-refractivity contribution is 5.94. The zero-order valence-electron chi connectivity index (χ0n) is 15.5. The van der Waals surface area contributed by atoms with E-state index in [1.165, 1.54) is 0 Å². The average molecular weight is 378 g/mol. The molecule has 144 valence electrons. The predicted molar refractivity (Wildman–Crippen MR) is 105 cm³/mol. The number of para-hydroxylation sites is 1. The second-order valence-electron chi connectivity index (χ2n) is 6.78. The minimum absolute atomic E-state index is 0.000376. The maximum atomic E-state index is 12.6. The fourth-order valence-corrected chi connectivity index (χ4v) is 3.34. The number of nitrogens with zero attached hydrogens (tertiary/aromatic N) is 2. The van der Waals surface area contributed by atoms with E-state index in [-0.39, 0.29) is 18.2 Å². The normalized spacial score (nSPS) is 14.2. The first-order valence-corrected chi connectivity index (χ1v) is 9.35. The van der Waals surface area contributed by atoms with Crippen LogP contribution in [0.4, 0.5) is 0 Å². The van der Waals surface area contributed by atoms with Crippen molar-refractivity contribution in [2.75, 3.05) is 26.3 Å². The van der Waals surface area contributed by atoms with Gasteiger partial charge < -0.3 is 15.0 Å². The molecule has 4 rings (SSSR count).